The van der Waals surface area contributed by atoms with E-state index < -0.39 is 10.0 Å². The first-order valence-electron chi connectivity index (χ1n) is 7.81. The van der Waals surface area contributed by atoms with Gasteiger partial charge in [0.2, 0.25) is 10.0 Å². The van der Waals surface area contributed by atoms with Crippen LogP contribution >= 0.6 is 0 Å². The predicted molar refractivity (Wildman–Crippen MR) is 86.1 cm³/mol. The predicted octanol–water partition coefficient (Wildman–Crippen LogP) is 0.311. The zero-order valence-corrected chi connectivity index (χ0v) is 14.7. The standard InChI is InChI=1S/C14H31N3O3S/c1-5-20-11-10-17-9-8-16(13-14(17)2)7-6-12-21(18,19)15(3)4/h14H,5-13H2,1-4H3/t14-/m1/s1. The maximum Gasteiger partial charge on any atom is 0.213 e. The van der Waals surface area contributed by atoms with Crippen LogP contribution in [0.5, 0.6) is 0 Å². The van der Waals surface area contributed by atoms with Gasteiger partial charge in [-0.25, -0.2) is 12.7 Å². The van der Waals surface area contributed by atoms with Crippen molar-refractivity contribution in [1.29, 1.82) is 0 Å². The molecule has 7 heteroatoms. The fourth-order valence-electron chi connectivity index (χ4n) is 2.59. The van der Waals surface area contributed by atoms with Crippen LogP contribution in [0, 0.1) is 0 Å². The summed E-state index contributed by atoms with van der Waals surface area (Å²) in [7, 11) is 0.125. The molecule has 0 saturated carbocycles. The van der Waals surface area contributed by atoms with Gasteiger partial charge in [0.25, 0.3) is 0 Å². The van der Waals surface area contributed by atoms with Gasteiger partial charge in [-0.2, -0.15) is 0 Å². The minimum atomic E-state index is -3.06. The van der Waals surface area contributed by atoms with Crippen molar-refractivity contribution < 1.29 is 13.2 Å². The third kappa shape index (κ3) is 6.61. The lowest BCUT2D eigenvalue weighted by Gasteiger charge is -2.39. The summed E-state index contributed by atoms with van der Waals surface area (Å²) >= 11 is 0. The van der Waals surface area contributed by atoms with Gasteiger partial charge in [0, 0.05) is 52.9 Å². The third-order valence-corrected chi connectivity index (χ3v) is 5.93. The first-order valence-corrected chi connectivity index (χ1v) is 9.42. The average Bonchev–Trinajstić information content (AvgIpc) is 2.41. The molecule has 0 spiro atoms. The van der Waals surface area contributed by atoms with Crippen LogP contribution in [0.25, 0.3) is 0 Å². The van der Waals surface area contributed by atoms with Crippen LogP contribution in [0.4, 0.5) is 0 Å². The maximum absolute atomic E-state index is 11.7. The molecule has 1 saturated heterocycles. The summed E-state index contributed by atoms with van der Waals surface area (Å²) in [5, 5.41) is 0. The van der Waals surface area contributed by atoms with E-state index in [9.17, 15) is 8.42 Å². The van der Waals surface area contributed by atoms with Crippen molar-refractivity contribution in [3.05, 3.63) is 0 Å². The first-order chi connectivity index (χ1) is 9.86. The van der Waals surface area contributed by atoms with Crippen molar-refractivity contribution in [3.8, 4) is 0 Å². The molecular formula is C14H31N3O3S. The number of hydrogen-bond donors (Lipinski definition) is 0. The van der Waals surface area contributed by atoms with Crippen molar-refractivity contribution in [1.82, 2.24) is 14.1 Å². The van der Waals surface area contributed by atoms with Crippen LogP contribution in [0.2, 0.25) is 0 Å². The molecule has 1 atom stereocenters. The largest absolute Gasteiger partial charge is 0.380 e. The fraction of sp³-hybridized carbons (Fsp3) is 1.00. The Balaban J connectivity index is 2.25. The summed E-state index contributed by atoms with van der Waals surface area (Å²) in [6, 6.07) is 0.504. The van der Waals surface area contributed by atoms with Crippen molar-refractivity contribution in [2.75, 3.05) is 65.8 Å². The van der Waals surface area contributed by atoms with Crippen LogP contribution in [-0.4, -0.2) is 94.4 Å². The van der Waals surface area contributed by atoms with E-state index in [0.717, 1.165) is 45.9 Å². The molecule has 1 fully saturated rings. The minimum absolute atomic E-state index is 0.235. The molecule has 0 N–H and O–H groups in total. The first kappa shape index (κ1) is 18.8. The Morgan fingerprint density at radius 3 is 2.52 bits per heavy atom. The Morgan fingerprint density at radius 2 is 1.95 bits per heavy atom. The van der Waals surface area contributed by atoms with Crippen molar-refractivity contribution in [2.24, 2.45) is 0 Å². The van der Waals surface area contributed by atoms with Crippen molar-refractivity contribution in [2.45, 2.75) is 26.3 Å². The van der Waals surface area contributed by atoms with Gasteiger partial charge in [0.1, 0.15) is 0 Å². The molecular weight excluding hydrogens is 290 g/mol. The highest BCUT2D eigenvalue weighted by molar-refractivity contribution is 7.89. The molecule has 1 rings (SSSR count). The molecule has 0 aliphatic carbocycles. The molecule has 0 aromatic rings. The Labute approximate surface area is 130 Å². The topological polar surface area (TPSA) is 53.1 Å². The van der Waals surface area contributed by atoms with E-state index in [1.165, 1.54) is 4.31 Å². The van der Waals surface area contributed by atoms with E-state index in [4.69, 9.17) is 4.74 Å². The molecule has 126 valence electrons. The monoisotopic (exact) mass is 321 g/mol. The third-order valence-electron chi connectivity index (χ3n) is 4.01. The molecule has 0 amide bonds. The summed E-state index contributed by atoms with van der Waals surface area (Å²) in [6.07, 6.45) is 0.701. The molecule has 0 radical (unpaired) electrons. The molecule has 0 bridgehead atoms. The summed E-state index contributed by atoms with van der Waals surface area (Å²) in [4.78, 5) is 4.82. The molecule has 0 aromatic carbocycles. The van der Waals surface area contributed by atoms with E-state index in [1.54, 1.807) is 14.1 Å². The lowest BCUT2D eigenvalue weighted by atomic mass is 10.2. The smallest absolute Gasteiger partial charge is 0.213 e. The second-order valence-corrected chi connectivity index (χ2v) is 8.14. The van der Waals surface area contributed by atoms with Crippen LogP contribution in [0.3, 0.4) is 0 Å². The van der Waals surface area contributed by atoms with Crippen LogP contribution in [0.1, 0.15) is 20.3 Å². The van der Waals surface area contributed by atoms with Gasteiger partial charge in [-0.3, -0.25) is 4.90 Å². The number of nitrogens with zero attached hydrogens (tertiary/aromatic N) is 3. The van der Waals surface area contributed by atoms with Gasteiger partial charge < -0.3 is 9.64 Å². The molecule has 0 unspecified atom stereocenters. The lowest BCUT2D eigenvalue weighted by molar-refractivity contribution is 0.0495. The van der Waals surface area contributed by atoms with E-state index in [-0.39, 0.29) is 5.75 Å². The highest BCUT2D eigenvalue weighted by atomic mass is 32.2. The number of hydrogen-bond acceptors (Lipinski definition) is 5. The normalized spacial score (nSPS) is 22.0. The van der Waals surface area contributed by atoms with E-state index in [1.807, 2.05) is 6.92 Å². The summed E-state index contributed by atoms with van der Waals surface area (Å²) in [6.45, 7) is 10.7. The Hall–Kier alpha value is -0.210. The Morgan fingerprint density at radius 1 is 1.24 bits per heavy atom. The SMILES string of the molecule is CCOCCN1CCN(CCCS(=O)(=O)N(C)C)C[C@H]1C. The Bertz CT molecular complexity index is 387. The fourth-order valence-corrected chi connectivity index (χ4v) is 3.44. The quantitative estimate of drug-likeness (QED) is 0.572. The van der Waals surface area contributed by atoms with Gasteiger partial charge in [0.05, 0.1) is 12.4 Å². The number of rotatable bonds is 9. The van der Waals surface area contributed by atoms with Gasteiger partial charge in [-0.05, 0) is 26.8 Å². The average molecular weight is 321 g/mol. The summed E-state index contributed by atoms with van der Waals surface area (Å²) in [5.74, 6) is 0.235. The molecule has 0 aromatic heterocycles. The zero-order chi connectivity index (χ0) is 15.9. The second-order valence-electron chi connectivity index (χ2n) is 5.83. The zero-order valence-electron chi connectivity index (χ0n) is 13.9. The summed E-state index contributed by atoms with van der Waals surface area (Å²) < 4.78 is 30.2. The van der Waals surface area contributed by atoms with Gasteiger partial charge in [-0.15, -0.1) is 0 Å². The van der Waals surface area contributed by atoms with Gasteiger partial charge in [-0.1, -0.05) is 0 Å². The van der Waals surface area contributed by atoms with Crippen LogP contribution in [-0.2, 0) is 14.8 Å². The minimum Gasteiger partial charge on any atom is -0.380 e. The molecule has 1 heterocycles. The van der Waals surface area contributed by atoms with E-state index >= 15 is 0 Å². The van der Waals surface area contributed by atoms with Crippen molar-refractivity contribution in [3.63, 3.8) is 0 Å². The highest BCUT2D eigenvalue weighted by Gasteiger charge is 2.23. The molecule has 1 aliphatic heterocycles. The van der Waals surface area contributed by atoms with Gasteiger partial charge >= 0.3 is 0 Å². The lowest BCUT2D eigenvalue weighted by Crippen LogP contribution is -2.52. The summed E-state index contributed by atoms with van der Waals surface area (Å²) in [5.41, 5.74) is 0. The number of sulfonamides is 1. The van der Waals surface area contributed by atoms with E-state index in [0.29, 0.717) is 12.5 Å². The van der Waals surface area contributed by atoms with Gasteiger partial charge in [0.15, 0.2) is 0 Å². The maximum atomic E-state index is 11.7. The Kier molecular flexibility index (Phi) is 8.12. The van der Waals surface area contributed by atoms with Crippen LogP contribution in [0.15, 0.2) is 0 Å². The molecule has 1 aliphatic rings. The molecule has 21 heavy (non-hydrogen) atoms. The second kappa shape index (κ2) is 9.05. The number of ether oxygens (including phenoxy) is 1. The van der Waals surface area contributed by atoms with Crippen molar-refractivity contribution >= 4 is 10.0 Å². The highest BCUT2D eigenvalue weighted by Crippen LogP contribution is 2.10. The van der Waals surface area contributed by atoms with Crippen LogP contribution < -0.4 is 0 Å². The number of piperazine rings is 1. The molecule has 6 nitrogen and oxygen atoms in total. The van der Waals surface area contributed by atoms with E-state index in [2.05, 4.69) is 16.7 Å².